The summed E-state index contributed by atoms with van der Waals surface area (Å²) in [5.41, 5.74) is 8.96. The van der Waals surface area contributed by atoms with Crippen LogP contribution < -0.4 is 16.0 Å². The number of amides is 2. The van der Waals surface area contributed by atoms with Crippen LogP contribution in [0.2, 0.25) is 0 Å². The lowest BCUT2D eigenvalue weighted by Crippen LogP contribution is -2.38. The van der Waals surface area contributed by atoms with Crippen molar-refractivity contribution < 1.29 is 14.7 Å². The Bertz CT molecular complexity index is 1340. The highest BCUT2D eigenvalue weighted by atomic mass is 32.1. The number of aryl methyl sites for hydroxylation is 1. The molecule has 9 nitrogen and oxygen atoms in total. The predicted octanol–water partition coefficient (Wildman–Crippen LogP) is 4.02. The number of benzene rings is 2. The number of carboxylic acids is 1. The van der Waals surface area contributed by atoms with E-state index >= 15 is 0 Å². The minimum Gasteiger partial charge on any atom is -0.476 e. The van der Waals surface area contributed by atoms with Crippen LogP contribution in [0.3, 0.4) is 0 Å². The van der Waals surface area contributed by atoms with Crippen LogP contribution in [-0.4, -0.2) is 38.6 Å². The van der Waals surface area contributed by atoms with Crippen LogP contribution in [0.1, 0.15) is 22.5 Å². The first kappa shape index (κ1) is 19.9. The Morgan fingerprint density at radius 1 is 1.16 bits per heavy atom. The normalized spacial score (nSPS) is 13.1. The maximum absolute atomic E-state index is 13.1. The lowest BCUT2D eigenvalue weighted by Gasteiger charge is -2.29. The van der Waals surface area contributed by atoms with Crippen molar-refractivity contribution in [3.63, 3.8) is 0 Å². The summed E-state index contributed by atoms with van der Waals surface area (Å²) in [7, 11) is 0. The number of nitrogen functional groups attached to an aromatic ring is 1. The number of hydrogen-bond acceptors (Lipinski definition) is 7. The van der Waals surface area contributed by atoms with Crippen LogP contribution >= 0.6 is 11.3 Å². The monoisotopic (exact) mass is 446 g/mol. The number of para-hydroxylation sites is 1. The standard InChI is InChI=1S/C22H18N6O3S/c23-19-18(20(29)30)25-15(11-24-19)13-8-7-12-4-3-9-28(16(12)10-13)22(31)27-21-26-14-5-1-2-6-17(14)32-21/h1-2,5-8,10-11H,3-4,9H2,(H2,23,24)(H,29,30)(H,26,27,31). The van der Waals surface area contributed by atoms with Gasteiger partial charge in [0.15, 0.2) is 16.6 Å². The number of nitrogens with zero attached hydrogens (tertiary/aromatic N) is 4. The van der Waals surface area contributed by atoms with Crippen molar-refractivity contribution in [1.82, 2.24) is 15.0 Å². The summed E-state index contributed by atoms with van der Waals surface area (Å²) in [5.74, 6) is -1.39. The third-order valence-corrected chi connectivity index (χ3v) is 6.21. The average Bonchev–Trinajstić information content (AvgIpc) is 3.20. The molecule has 10 heteroatoms. The van der Waals surface area contributed by atoms with Gasteiger partial charge in [-0.15, -0.1) is 0 Å². The second kappa shape index (κ2) is 7.89. The van der Waals surface area contributed by atoms with Gasteiger partial charge in [-0.05, 0) is 36.6 Å². The van der Waals surface area contributed by atoms with Crippen molar-refractivity contribution in [2.45, 2.75) is 12.8 Å². The second-order valence-electron chi connectivity index (χ2n) is 7.31. The van der Waals surface area contributed by atoms with Crippen LogP contribution in [0, 0.1) is 0 Å². The van der Waals surface area contributed by atoms with Gasteiger partial charge in [0.2, 0.25) is 0 Å². The quantitative estimate of drug-likeness (QED) is 0.433. The van der Waals surface area contributed by atoms with E-state index in [9.17, 15) is 14.7 Å². The molecule has 2 aromatic heterocycles. The van der Waals surface area contributed by atoms with E-state index in [2.05, 4.69) is 20.3 Å². The van der Waals surface area contributed by atoms with E-state index in [4.69, 9.17) is 5.73 Å². The van der Waals surface area contributed by atoms with Crippen molar-refractivity contribution in [1.29, 1.82) is 0 Å². The predicted molar refractivity (Wildman–Crippen MR) is 123 cm³/mol. The van der Waals surface area contributed by atoms with Crippen LogP contribution in [0.4, 0.5) is 21.4 Å². The maximum Gasteiger partial charge on any atom is 0.358 e. The molecule has 32 heavy (non-hydrogen) atoms. The van der Waals surface area contributed by atoms with Gasteiger partial charge in [0.1, 0.15) is 0 Å². The van der Waals surface area contributed by atoms with Crippen molar-refractivity contribution in [3.8, 4) is 11.3 Å². The number of rotatable bonds is 3. The Kier molecular flexibility index (Phi) is 4.91. The molecular weight excluding hydrogens is 428 g/mol. The highest BCUT2D eigenvalue weighted by molar-refractivity contribution is 7.22. The molecule has 3 heterocycles. The average molecular weight is 446 g/mol. The summed E-state index contributed by atoms with van der Waals surface area (Å²) in [4.78, 5) is 38.7. The van der Waals surface area contributed by atoms with E-state index in [-0.39, 0.29) is 17.5 Å². The van der Waals surface area contributed by atoms with Crippen LogP contribution in [0.25, 0.3) is 21.5 Å². The third kappa shape index (κ3) is 3.60. The van der Waals surface area contributed by atoms with Gasteiger partial charge in [-0.25, -0.2) is 24.5 Å². The Hall–Kier alpha value is -4.05. The molecule has 4 aromatic rings. The SMILES string of the molecule is Nc1ncc(-c2ccc3c(c2)N(C(=O)Nc2nc4ccccc4s2)CCC3)nc1C(=O)O. The molecule has 0 spiro atoms. The fourth-order valence-electron chi connectivity index (χ4n) is 3.72. The molecule has 0 bridgehead atoms. The summed E-state index contributed by atoms with van der Waals surface area (Å²) in [6.07, 6.45) is 3.11. The molecule has 4 N–H and O–H groups in total. The molecular formula is C22H18N6O3S. The highest BCUT2D eigenvalue weighted by Gasteiger charge is 2.24. The largest absolute Gasteiger partial charge is 0.476 e. The molecule has 1 aliphatic heterocycles. The number of nitrogens with one attached hydrogen (secondary N) is 1. The molecule has 0 radical (unpaired) electrons. The number of fused-ring (bicyclic) bond motifs is 2. The van der Waals surface area contributed by atoms with Gasteiger partial charge in [0, 0.05) is 17.8 Å². The van der Waals surface area contributed by atoms with Crippen molar-refractivity contribution in [2.24, 2.45) is 0 Å². The number of urea groups is 1. The Morgan fingerprint density at radius 2 is 2.00 bits per heavy atom. The van der Waals surface area contributed by atoms with Gasteiger partial charge in [-0.2, -0.15) is 0 Å². The van der Waals surface area contributed by atoms with Gasteiger partial charge < -0.3 is 10.8 Å². The summed E-state index contributed by atoms with van der Waals surface area (Å²) in [6.45, 7) is 0.557. The molecule has 160 valence electrons. The van der Waals surface area contributed by atoms with Gasteiger partial charge >= 0.3 is 12.0 Å². The molecule has 0 unspecified atom stereocenters. The fourth-order valence-corrected chi connectivity index (χ4v) is 4.58. The van der Waals surface area contributed by atoms with Gasteiger partial charge in [-0.1, -0.05) is 35.6 Å². The smallest absolute Gasteiger partial charge is 0.358 e. The molecule has 2 aromatic carbocycles. The maximum atomic E-state index is 13.1. The summed E-state index contributed by atoms with van der Waals surface area (Å²) < 4.78 is 1.00. The Morgan fingerprint density at radius 3 is 2.81 bits per heavy atom. The minimum atomic E-state index is -1.24. The summed E-state index contributed by atoms with van der Waals surface area (Å²) in [5, 5.41) is 12.7. The van der Waals surface area contributed by atoms with E-state index in [1.54, 1.807) is 4.90 Å². The molecule has 0 saturated heterocycles. The fraction of sp³-hybridized carbons (Fsp3) is 0.136. The first-order valence-electron chi connectivity index (χ1n) is 9.93. The zero-order valence-electron chi connectivity index (χ0n) is 16.8. The molecule has 2 amide bonds. The number of thiazole rings is 1. The minimum absolute atomic E-state index is 0.143. The Labute approximate surface area is 186 Å². The van der Waals surface area contributed by atoms with Gasteiger partial charge in [0.25, 0.3) is 0 Å². The van der Waals surface area contributed by atoms with E-state index < -0.39 is 5.97 Å². The lowest BCUT2D eigenvalue weighted by molar-refractivity contribution is 0.0691. The number of aromatic nitrogens is 3. The molecule has 0 aliphatic carbocycles. The number of carbonyl (C=O) groups excluding carboxylic acids is 1. The molecule has 0 saturated carbocycles. The first-order chi connectivity index (χ1) is 15.5. The Balaban J connectivity index is 1.46. The highest BCUT2D eigenvalue weighted by Crippen LogP contribution is 2.33. The summed E-state index contributed by atoms with van der Waals surface area (Å²) in [6, 6.07) is 13.1. The van der Waals surface area contributed by atoms with E-state index in [0.717, 1.165) is 34.3 Å². The van der Waals surface area contributed by atoms with E-state index in [1.807, 2.05) is 42.5 Å². The number of carboxylic acid groups (broad SMARTS) is 1. The number of hydrogen-bond donors (Lipinski definition) is 3. The zero-order chi connectivity index (χ0) is 22.2. The molecule has 0 fully saturated rings. The van der Waals surface area contributed by atoms with Crippen molar-refractivity contribution in [3.05, 3.63) is 59.9 Å². The van der Waals surface area contributed by atoms with E-state index in [1.165, 1.54) is 17.5 Å². The number of carbonyl (C=O) groups is 2. The topological polar surface area (TPSA) is 134 Å². The van der Waals surface area contributed by atoms with Gasteiger partial charge in [0.05, 0.1) is 22.1 Å². The molecule has 1 aliphatic rings. The van der Waals surface area contributed by atoms with E-state index in [0.29, 0.717) is 22.9 Å². The van der Waals surface area contributed by atoms with Gasteiger partial charge in [-0.3, -0.25) is 10.2 Å². The lowest BCUT2D eigenvalue weighted by atomic mass is 9.99. The zero-order valence-corrected chi connectivity index (χ0v) is 17.6. The number of nitrogens with two attached hydrogens (primary N) is 1. The number of aromatic carboxylic acids is 1. The number of anilines is 3. The van der Waals surface area contributed by atoms with Crippen molar-refractivity contribution >= 4 is 50.2 Å². The molecule has 0 atom stereocenters. The second-order valence-corrected chi connectivity index (χ2v) is 8.34. The van der Waals surface area contributed by atoms with Crippen LogP contribution in [0.15, 0.2) is 48.7 Å². The third-order valence-electron chi connectivity index (χ3n) is 5.26. The molecule has 5 rings (SSSR count). The summed E-state index contributed by atoms with van der Waals surface area (Å²) >= 11 is 1.42. The van der Waals surface area contributed by atoms with Crippen LogP contribution in [-0.2, 0) is 6.42 Å². The first-order valence-corrected chi connectivity index (χ1v) is 10.7. The van der Waals surface area contributed by atoms with Crippen molar-refractivity contribution in [2.75, 3.05) is 22.5 Å². The van der Waals surface area contributed by atoms with Crippen LogP contribution in [0.5, 0.6) is 0 Å².